The highest BCUT2D eigenvalue weighted by molar-refractivity contribution is 6.28. The van der Waals surface area contributed by atoms with Crippen LogP contribution in [-0.2, 0) is 14.4 Å². The van der Waals surface area contributed by atoms with Crippen molar-refractivity contribution in [3.05, 3.63) is 11.3 Å². The number of halogens is 1. The Morgan fingerprint density at radius 1 is 1.50 bits per heavy atom. The van der Waals surface area contributed by atoms with E-state index < -0.39 is 5.60 Å². The number of hydrogen-bond acceptors (Lipinski definition) is 8. The van der Waals surface area contributed by atoms with Crippen LogP contribution < -0.4 is 9.64 Å². The van der Waals surface area contributed by atoms with Crippen molar-refractivity contribution in [3.63, 3.8) is 0 Å². The van der Waals surface area contributed by atoms with Gasteiger partial charge in [-0.2, -0.15) is 10.0 Å². The second-order valence-corrected chi connectivity index (χ2v) is 7.12. The van der Waals surface area contributed by atoms with Crippen LogP contribution >= 0.6 is 11.6 Å². The number of aromatic nitrogens is 2. The van der Waals surface area contributed by atoms with Gasteiger partial charge >= 0.3 is 6.47 Å². The second-order valence-electron chi connectivity index (χ2n) is 6.78. The minimum absolute atomic E-state index is 0.0335. The lowest BCUT2D eigenvalue weighted by atomic mass is 9.95. The molecule has 0 bridgehead atoms. The quantitative estimate of drug-likeness (QED) is 0.570. The largest absolute Gasteiger partial charge is 0.475 e. The Morgan fingerprint density at radius 3 is 3.04 bits per heavy atom. The molecule has 10 heteroatoms. The number of carbonyl (C=O) groups excluding carboxylic acids is 2. The van der Waals surface area contributed by atoms with E-state index in [1.807, 2.05) is 4.90 Å². The summed E-state index contributed by atoms with van der Waals surface area (Å²) in [5.74, 6) is 0.571. The summed E-state index contributed by atoms with van der Waals surface area (Å²) in [5, 5.41) is 11.3. The Hall–Kier alpha value is -2.13. The van der Waals surface area contributed by atoms with E-state index in [9.17, 15) is 14.7 Å². The van der Waals surface area contributed by atoms with E-state index in [1.165, 1.54) is 0 Å². The number of ether oxygens (including phenoxy) is 1. The average Bonchev–Trinajstić information content (AvgIpc) is 2.92. The Labute approximate surface area is 155 Å². The number of aliphatic hydroxyl groups is 1. The number of hydrogen-bond donors (Lipinski definition) is 1. The van der Waals surface area contributed by atoms with Crippen LogP contribution in [0.5, 0.6) is 5.88 Å². The van der Waals surface area contributed by atoms with Gasteiger partial charge < -0.3 is 19.6 Å². The molecular formula is C16H21ClN4O5. The maximum atomic E-state index is 11.7. The zero-order valence-electron chi connectivity index (χ0n) is 14.4. The van der Waals surface area contributed by atoms with Crippen LogP contribution in [0, 0.1) is 0 Å². The van der Waals surface area contributed by atoms with Gasteiger partial charge in [0.05, 0.1) is 5.60 Å². The van der Waals surface area contributed by atoms with Crippen molar-refractivity contribution in [2.45, 2.75) is 44.2 Å². The zero-order valence-corrected chi connectivity index (χ0v) is 15.2. The van der Waals surface area contributed by atoms with E-state index in [2.05, 4.69) is 9.97 Å². The van der Waals surface area contributed by atoms with Crippen molar-refractivity contribution in [3.8, 4) is 5.88 Å². The number of nitrogens with zero attached hydrogens (tertiary/aromatic N) is 4. The van der Waals surface area contributed by atoms with Gasteiger partial charge in [0.1, 0.15) is 18.5 Å². The molecule has 3 rings (SSSR count). The van der Waals surface area contributed by atoms with Crippen molar-refractivity contribution >= 4 is 29.8 Å². The van der Waals surface area contributed by atoms with E-state index >= 15 is 0 Å². The Morgan fingerprint density at radius 2 is 2.31 bits per heavy atom. The van der Waals surface area contributed by atoms with E-state index in [4.69, 9.17) is 21.2 Å². The molecule has 2 aliphatic heterocycles. The van der Waals surface area contributed by atoms with E-state index in [0.717, 1.165) is 24.4 Å². The lowest BCUT2D eigenvalue weighted by Crippen LogP contribution is -2.46. The molecule has 142 valence electrons. The van der Waals surface area contributed by atoms with Gasteiger partial charge in [-0.05, 0) is 37.8 Å². The van der Waals surface area contributed by atoms with Crippen LogP contribution in [0.1, 0.15) is 32.6 Å². The van der Waals surface area contributed by atoms with Crippen molar-refractivity contribution < 1.29 is 24.3 Å². The number of β-amino-alcohol motifs (C(OH)–C–C–N with tert-alkyl or cyclic N) is 1. The highest BCUT2D eigenvalue weighted by Gasteiger charge is 2.34. The van der Waals surface area contributed by atoms with Crippen LogP contribution in [0.4, 0.5) is 5.82 Å². The zero-order chi connectivity index (χ0) is 18.7. The molecule has 0 spiro atoms. The summed E-state index contributed by atoms with van der Waals surface area (Å²) in [6.07, 6.45) is 2.38. The fourth-order valence-electron chi connectivity index (χ4n) is 3.28. The topological polar surface area (TPSA) is 105 Å². The average molecular weight is 385 g/mol. The van der Waals surface area contributed by atoms with Crippen LogP contribution in [0.2, 0.25) is 5.28 Å². The molecule has 0 unspecified atom stereocenters. The van der Waals surface area contributed by atoms with E-state index in [1.54, 1.807) is 13.0 Å². The fraction of sp³-hybridized carbons (Fsp3) is 0.625. The molecule has 2 saturated heterocycles. The molecule has 1 aromatic rings. The molecule has 0 saturated carbocycles. The Bertz CT molecular complexity index is 687. The fourth-order valence-corrected chi connectivity index (χ4v) is 3.45. The van der Waals surface area contributed by atoms with Gasteiger partial charge in [0.25, 0.3) is 5.91 Å². The number of amides is 1. The summed E-state index contributed by atoms with van der Waals surface area (Å²) in [5.41, 5.74) is -0.784. The molecule has 0 radical (unpaired) electrons. The molecule has 1 N–H and O–H groups in total. The molecule has 2 aliphatic rings. The molecule has 2 atom stereocenters. The lowest BCUT2D eigenvalue weighted by molar-refractivity contribution is -0.190. The third-order valence-electron chi connectivity index (χ3n) is 4.51. The Balaban J connectivity index is 1.68. The van der Waals surface area contributed by atoms with Gasteiger partial charge in [0, 0.05) is 25.6 Å². The summed E-state index contributed by atoms with van der Waals surface area (Å²) in [6.45, 7) is 3.32. The maximum absolute atomic E-state index is 11.7. The van der Waals surface area contributed by atoms with Gasteiger partial charge in [-0.3, -0.25) is 9.59 Å². The minimum Gasteiger partial charge on any atom is -0.475 e. The molecule has 3 heterocycles. The van der Waals surface area contributed by atoms with Gasteiger partial charge in [0.15, 0.2) is 0 Å². The van der Waals surface area contributed by atoms with Gasteiger partial charge in [-0.25, -0.2) is 4.98 Å². The molecular weight excluding hydrogens is 364 g/mol. The first-order valence-electron chi connectivity index (χ1n) is 8.45. The van der Waals surface area contributed by atoms with Crippen molar-refractivity contribution in [1.29, 1.82) is 0 Å². The summed E-state index contributed by atoms with van der Waals surface area (Å²) in [6, 6.07) is 1.27. The van der Waals surface area contributed by atoms with Crippen LogP contribution in [0.15, 0.2) is 6.07 Å². The monoisotopic (exact) mass is 384 g/mol. The minimum atomic E-state index is -0.784. The maximum Gasteiger partial charge on any atom is 0.320 e. The van der Waals surface area contributed by atoms with Crippen molar-refractivity contribution in [2.24, 2.45) is 0 Å². The highest BCUT2D eigenvalue weighted by Crippen LogP contribution is 2.27. The lowest BCUT2D eigenvalue weighted by Gasteiger charge is -2.37. The summed E-state index contributed by atoms with van der Waals surface area (Å²) in [7, 11) is 0. The first kappa shape index (κ1) is 18.7. The predicted molar refractivity (Wildman–Crippen MR) is 91.6 cm³/mol. The van der Waals surface area contributed by atoms with Crippen LogP contribution in [0.3, 0.4) is 0 Å². The van der Waals surface area contributed by atoms with Gasteiger partial charge in [-0.15, -0.1) is 0 Å². The first-order valence-corrected chi connectivity index (χ1v) is 8.83. The highest BCUT2D eigenvalue weighted by atomic mass is 35.5. The first-order chi connectivity index (χ1) is 12.4. The summed E-state index contributed by atoms with van der Waals surface area (Å²) >= 11 is 6.01. The molecule has 1 amide bonds. The number of anilines is 1. The third-order valence-corrected chi connectivity index (χ3v) is 4.68. The van der Waals surface area contributed by atoms with Crippen LogP contribution in [0.25, 0.3) is 0 Å². The molecule has 1 aromatic heterocycles. The predicted octanol–water partition coefficient (Wildman–Crippen LogP) is 0.939. The molecule has 0 aliphatic carbocycles. The van der Waals surface area contributed by atoms with Gasteiger partial charge in [-0.1, -0.05) is 0 Å². The van der Waals surface area contributed by atoms with E-state index in [-0.39, 0.29) is 36.2 Å². The molecule has 9 nitrogen and oxygen atoms in total. The number of rotatable bonds is 6. The van der Waals surface area contributed by atoms with E-state index in [0.29, 0.717) is 25.2 Å². The smallest absolute Gasteiger partial charge is 0.320 e. The third kappa shape index (κ3) is 4.34. The molecule has 2 fully saturated rings. The number of piperidine rings is 1. The second kappa shape index (κ2) is 7.63. The van der Waals surface area contributed by atoms with Crippen LogP contribution in [-0.4, -0.2) is 63.9 Å². The van der Waals surface area contributed by atoms with Crippen molar-refractivity contribution in [1.82, 2.24) is 15.0 Å². The molecule has 26 heavy (non-hydrogen) atoms. The standard InChI is InChI=1S/C16H21ClN4O5/c1-16(24)5-2-6-20(9-16)12-7-13(19-15(17)18-12)25-8-11-3-4-14(23)21(11)26-10-22/h7,10-11,24H,2-6,8-9H2,1H3/t11-,16+/m0/s1. The van der Waals surface area contributed by atoms with Gasteiger partial charge in [0.2, 0.25) is 11.2 Å². The SMILES string of the molecule is C[C@@]1(O)CCCN(c2cc(OC[C@@H]3CCC(=O)N3OC=O)nc(Cl)n2)C1. The van der Waals surface area contributed by atoms with Crippen molar-refractivity contribution in [2.75, 3.05) is 24.6 Å². The molecule has 0 aromatic carbocycles. The Kier molecular flexibility index (Phi) is 5.47. The normalized spacial score (nSPS) is 26.1. The summed E-state index contributed by atoms with van der Waals surface area (Å²) in [4.78, 5) is 37.1. The number of carbonyl (C=O) groups is 2. The summed E-state index contributed by atoms with van der Waals surface area (Å²) < 4.78 is 5.66. The number of hydroxylamine groups is 2.